The zero-order valence-electron chi connectivity index (χ0n) is 11.4. The summed E-state index contributed by atoms with van der Waals surface area (Å²) >= 11 is 0. The highest BCUT2D eigenvalue weighted by Crippen LogP contribution is 2.20. The molecular formula is C15H25N3. The van der Waals surface area contributed by atoms with Crippen LogP contribution < -0.4 is 11.1 Å². The van der Waals surface area contributed by atoms with Crippen molar-refractivity contribution in [2.75, 3.05) is 31.5 Å². The molecule has 1 heterocycles. The van der Waals surface area contributed by atoms with Crippen LogP contribution >= 0.6 is 0 Å². The zero-order valence-corrected chi connectivity index (χ0v) is 11.4. The van der Waals surface area contributed by atoms with Crippen LogP contribution in [-0.4, -0.2) is 37.1 Å². The van der Waals surface area contributed by atoms with E-state index in [1.165, 1.54) is 37.2 Å². The number of nitrogens with one attached hydrogen (secondary N) is 1. The minimum absolute atomic E-state index is 0.617. The van der Waals surface area contributed by atoms with E-state index in [9.17, 15) is 0 Å². The van der Waals surface area contributed by atoms with Gasteiger partial charge in [-0.2, -0.15) is 0 Å². The molecule has 0 aliphatic carbocycles. The molecule has 0 spiro atoms. The van der Waals surface area contributed by atoms with Crippen LogP contribution in [0, 0.1) is 0 Å². The molecule has 0 bridgehead atoms. The molecule has 3 heteroatoms. The third-order valence-corrected chi connectivity index (χ3v) is 3.79. The average molecular weight is 247 g/mol. The van der Waals surface area contributed by atoms with Gasteiger partial charge in [0.05, 0.1) is 0 Å². The molecule has 1 aliphatic heterocycles. The number of hydrogen-bond acceptors (Lipinski definition) is 3. The van der Waals surface area contributed by atoms with Crippen LogP contribution in [0.3, 0.4) is 0 Å². The van der Waals surface area contributed by atoms with Gasteiger partial charge in [0.1, 0.15) is 0 Å². The standard InChI is InChI=1S/C15H25N3/c1-2-13-5-3-4-6-15(13)17-14-7-10-18(11-8-14)12-9-16/h3-6,14,17H,2,7-12,16H2,1H3. The third kappa shape index (κ3) is 3.47. The van der Waals surface area contributed by atoms with Crippen LogP contribution in [0.15, 0.2) is 24.3 Å². The molecule has 0 atom stereocenters. The Morgan fingerprint density at radius 3 is 2.67 bits per heavy atom. The maximum atomic E-state index is 5.60. The molecule has 1 saturated heterocycles. The Balaban J connectivity index is 1.87. The van der Waals surface area contributed by atoms with Crippen molar-refractivity contribution in [3.05, 3.63) is 29.8 Å². The first-order valence-electron chi connectivity index (χ1n) is 7.10. The number of piperidine rings is 1. The van der Waals surface area contributed by atoms with Crippen LogP contribution in [0.1, 0.15) is 25.3 Å². The second-order valence-electron chi connectivity index (χ2n) is 5.06. The maximum absolute atomic E-state index is 5.60. The van der Waals surface area contributed by atoms with Crippen LogP contribution in [0.2, 0.25) is 0 Å². The maximum Gasteiger partial charge on any atom is 0.0374 e. The lowest BCUT2D eigenvalue weighted by atomic mass is 10.0. The third-order valence-electron chi connectivity index (χ3n) is 3.79. The van der Waals surface area contributed by atoms with Crippen molar-refractivity contribution in [3.63, 3.8) is 0 Å². The van der Waals surface area contributed by atoms with Crippen molar-refractivity contribution in [2.45, 2.75) is 32.2 Å². The fraction of sp³-hybridized carbons (Fsp3) is 0.600. The molecule has 3 N–H and O–H groups in total. The summed E-state index contributed by atoms with van der Waals surface area (Å²) in [5, 5.41) is 3.71. The fourth-order valence-electron chi connectivity index (χ4n) is 2.67. The number of benzene rings is 1. The van der Waals surface area contributed by atoms with Crippen LogP contribution in [-0.2, 0) is 6.42 Å². The first-order valence-corrected chi connectivity index (χ1v) is 7.10. The van der Waals surface area contributed by atoms with Crippen molar-refractivity contribution in [1.82, 2.24) is 4.90 Å². The van der Waals surface area contributed by atoms with E-state index in [4.69, 9.17) is 5.73 Å². The second-order valence-corrected chi connectivity index (χ2v) is 5.06. The zero-order chi connectivity index (χ0) is 12.8. The summed E-state index contributed by atoms with van der Waals surface area (Å²) in [6.45, 7) is 6.37. The summed E-state index contributed by atoms with van der Waals surface area (Å²) < 4.78 is 0. The molecule has 2 rings (SSSR count). The minimum atomic E-state index is 0.617. The molecule has 1 aromatic carbocycles. The van der Waals surface area contributed by atoms with Gasteiger partial charge < -0.3 is 16.0 Å². The van der Waals surface area contributed by atoms with Crippen molar-refractivity contribution < 1.29 is 0 Å². The Bertz CT molecular complexity index is 357. The molecule has 0 radical (unpaired) electrons. The van der Waals surface area contributed by atoms with Gasteiger partial charge in [-0.05, 0) is 30.9 Å². The summed E-state index contributed by atoms with van der Waals surface area (Å²) in [5.41, 5.74) is 8.33. The molecule has 0 aromatic heterocycles. The number of rotatable bonds is 5. The van der Waals surface area contributed by atoms with Gasteiger partial charge in [0.2, 0.25) is 0 Å². The van der Waals surface area contributed by atoms with Gasteiger partial charge in [-0.3, -0.25) is 0 Å². The molecule has 0 unspecified atom stereocenters. The molecule has 1 fully saturated rings. The topological polar surface area (TPSA) is 41.3 Å². The smallest absolute Gasteiger partial charge is 0.0374 e. The summed E-state index contributed by atoms with van der Waals surface area (Å²) in [7, 11) is 0. The van der Waals surface area contributed by atoms with E-state index in [0.29, 0.717) is 6.04 Å². The van der Waals surface area contributed by atoms with E-state index in [1.807, 2.05) is 0 Å². The highest BCUT2D eigenvalue weighted by Gasteiger charge is 2.18. The largest absolute Gasteiger partial charge is 0.382 e. The highest BCUT2D eigenvalue weighted by molar-refractivity contribution is 5.51. The lowest BCUT2D eigenvalue weighted by molar-refractivity contribution is 0.224. The van der Waals surface area contributed by atoms with E-state index in [2.05, 4.69) is 41.4 Å². The van der Waals surface area contributed by atoms with Crippen molar-refractivity contribution in [3.8, 4) is 0 Å². The van der Waals surface area contributed by atoms with Crippen molar-refractivity contribution in [1.29, 1.82) is 0 Å². The van der Waals surface area contributed by atoms with E-state index in [1.54, 1.807) is 0 Å². The number of nitrogens with two attached hydrogens (primary N) is 1. The number of hydrogen-bond donors (Lipinski definition) is 2. The van der Waals surface area contributed by atoms with E-state index in [-0.39, 0.29) is 0 Å². The lowest BCUT2D eigenvalue weighted by Crippen LogP contribution is -2.41. The number of likely N-dealkylation sites (tertiary alicyclic amines) is 1. The Kier molecular flexibility index (Phi) is 5.02. The van der Waals surface area contributed by atoms with Gasteiger partial charge >= 0.3 is 0 Å². The fourth-order valence-corrected chi connectivity index (χ4v) is 2.67. The number of para-hydroxylation sites is 1. The van der Waals surface area contributed by atoms with E-state index >= 15 is 0 Å². The monoisotopic (exact) mass is 247 g/mol. The van der Waals surface area contributed by atoms with E-state index in [0.717, 1.165) is 19.5 Å². The molecule has 18 heavy (non-hydrogen) atoms. The van der Waals surface area contributed by atoms with Crippen LogP contribution in [0.25, 0.3) is 0 Å². The van der Waals surface area contributed by atoms with Crippen molar-refractivity contribution >= 4 is 5.69 Å². The lowest BCUT2D eigenvalue weighted by Gasteiger charge is -2.33. The van der Waals surface area contributed by atoms with Gasteiger partial charge in [-0.1, -0.05) is 25.1 Å². The Morgan fingerprint density at radius 2 is 2.00 bits per heavy atom. The Hall–Kier alpha value is -1.06. The van der Waals surface area contributed by atoms with Crippen LogP contribution in [0.5, 0.6) is 0 Å². The molecule has 100 valence electrons. The van der Waals surface area contributed by atoms with Gasteiger partial charge in [-0.15, -0.1) is 0 Å². The number of nitrogens with zero attached hydrogens (tertiary/aromatic N) is 1. The molecule has 1 aromatic rings. The molecule has 3 nitrogen and oxygen atoms in total. The Morgan fingerprint density at radius 1 is 1.28 bits per heavy atom. The first-order chi connectivity index (χ1) is 8.83. The van der Waals surface area contributed by atoms with Crippen molar-refractivity contribution in [2.24, 2.45) is 5.73 Å². The minimum Gasteiger partial charge on any atom is -0.382 e. The van der Waals surface area contributed by atoms with Gasteiger partial charge in [-0.25, -0.2) is 0 Å². The summed E-state index contributed by atoms with van der Waals surface area (Å²) in [6, 6.07) is 9.27. The SMILES string of the molecule is CCc1ccccc1NC1CCN(CCN)CC1. The normalized spacial score (nSPS) is 17.9. The highest BCUT2D eigenvalue weighted by atomic mass is 15.1. The Labute approximate surface area is 110 Å². The van der Waals surface area contributed by atoms with E-state index < -0.39 is 0 Å². The van der Waals surface area contributed by atoms with Gasteiger partial charge in [0.25, 0.3) is 0 Å². The second kappa shape index (κ2) is 6.76. The number of anilines is 1. The molecule has 0 saturated carbocycles. The van der Waals surface area contributed by atoms with Gasteiger partial charge in [0.15, 0.2) is 0 Å². The summed E-state index contributed by atoms with van der Waals surface area (Å²) in [6.07, 6.45) is 3.53. The average Bonchev–Trinajstić information content (AvgIpc) is 2.42. The predicted molar refractivity (Wildman–Crippen MR) is 78.0 cm³/mol. The van der Waals surface area contributed by atoms with Gasteiger partial charge in [0, 0.05) is 37.9 Å². The summed E-state index contributed by atoms with van der Waals surface area (Å²) in [4.78, 5) is 2.46. The summed E-state index contributed by atoms with van der Waals surface area (Å²) in [5.74, 6) is 0. The number of aryl methyl sites for hydroxylation is 1. The predicted octanol–water partition coefficient (Wildman–Crippen LogP) is 2.08. The first kappa shape index (κ1) is 13.4. The molecular weight excluding hydrogens is 222 g/mol. The quantitative estimate of drug-likeness (QED) is 0.837. The van der Waals surface area contributed by atoms with Crippen LogP contribution in [0.4, 0.5) is 5.69 Å². The molecule has 1 aliphatic rings. The molecule has 0 amide bonds.